The van der Waals surface area contributed by atoms with Crippen LogP contribution in [-0.4, -0.2) is 16.3 Å². The minimum Gasteiger partial charge on any atom is -0.489 e. The minimum absolute atomic E-state index is 0.400. The number of nitrogens with one attached hydrogen (secondary N) is 2. The average Bonchev–Trinajstić information content (AvgIpc) is 2.69. The van der Waals surface area contributed by atoms with Gasteiger partial charge in [-0.3, -0.25) is 10.4 Å². The SMILES string of the molecule is S=C(N/N=C/c1ccc(OCc2ccccc2)cc1)Nc1cccnc1. The van der Waals surface area contributed by atoms with Gasteiger partial charge >= 0.3 is 0 Å². The molecular formula is C20H18N4OS. The van der Waals surface area contributed by atoms with Crippen molar-refractivity contribution in [3.05, 3.63) is 90.3 Å². The zero-order valence-electron chi connectivity index (χ0n) is 14.0. The van der Waals surface area contributed by atoms with Gasteiger partial charge < -0.3 is 10.1 Å². The molecule has 2 aromatic carbocycles. The van der Waals surface area contributed by atoms with E-state index < -0.39 is 0 Å². The highest BCUT2D eigenvalue weighted by molar-refractivity contribution is 7.80. The summed E-state index contributed by atoms with van der Waals surface area (Å²) in [5.74, 6) is 0.813. The Balaban J connectivity index is 1.46. The molecule has 0 aliphatic carbocycles. The largest absolute Gasteiger partial charge is 0.489 e. The molecule has 0 spiro atoms. The first-order valence-corrected chi connectivity index (χ1v) is 8.47. The van der Waals surface area contributed by atoms with Gasteiger partial charge in [0.05, 0.1) is 18.1 Å². The highest BCUT2D eigenvalue weighted by atomic mass is 32.1. The number of hydrogen-bond acceptors (Lipinski definition) is 4. The van der Waals surface area contributed by atoms with E-state index in [1.54, 1.807) is 18.6 Å². The van der Waals surface area contributed by atoms with E-state index in [4.69, 9.17) is 17.0 Å². The molecule has 0 saturated carbocycles. The third-order valence-corrected chi connectivity index (χ3v) is 3.62. The van der Waals surface area contributed by atoms with Gasteiger partial charge in [-0.05, 0) is 59.7 Å². The van der Waals surface area contributed by atoms with Gasteiger partial charge in [-0.2, -0.15) is 5.10 Å². The molecule has 26 heavy (non-hydrogen) atoms. The normalized spacial score (nSPS) is 10.5. The van der Waals surface area contributed by atoms with Crippen LogP contribution >= 0.6 is 12.2 Å². The van der Waals surface area contributed by atoms with Crippen molar-refractivity contribution in [3.63, 3.8) is 0 Å². The first-order valence-electron chi connectivity index (χ1n) is 8.06. The van der Waals surface area contributed by atoms with Crippen LogP contribution in [0.1, 0.15) is 11.1 Å². The highest BCUT2D eigenvalue weighted by Gasteiger charge is 1.97. The molecule has 1 heterocycles. The van der Waals surface area contributed by atoms with Gasteiger partial charge in [-0.15, -0.1) is 0 Å². The second-order valence-electron chi connectivity index (χ2n) is 5.41. The van der Waals surface area contributed by atoms with Crippen molar-refractivity contribution in [3.8, 4) is 5.75 Å². The van der Waals surface area contributed by atoms with Crippen LogP contribution in [0.5, 0.6) is 5.75 Å². The molecule has 0 bridgehead atoms. The lowest BCUT2D eigenvalue weighted by Gasteiger charge is -2.07. The Morgan fingerprint density at radius 2 is 1.85 bits per heavy atom. The molecule has 2 N–H and O–H groups in total. The first kappa shape index (κ1) is 17.6. The van der Waals surface area contributed by atoms with Gasteiger partial charge in [-0.1, -0.05) is 30.3 Å². The van der Waals surface area contributed by atoms with E-state index in [9.17, 15) is 0 Å². The maximum absolute atomic E-state index is 5.76. The number of benzene rings is 2. The summed E-state index contributed by atoms with van der Waals surface area (Å²) in [6.07, 6.45) is 5.08. The van der Waals surface area contributed by atoms with Gasteiger partial charge in [0.1, 0.15) is 12.4 Å². The van der Waals surface area contributed by atoms with Crippen LogP contribution in [0.15, 0.2) is 84.2 Å². The molecule has 3 rings (SSSR count). The number of rotatable bonds is 6. The van der Waals surface area contributed by atoms with Crippen LogP contribution in [0.4, 0.5) is 5.69 Å². The summed E-state index contributed by atoms with van der Waals surface area (Å²) in [6, 6.07) is 21.5. The quantitative estimate of drug-likeness (QED) is 0.395. The van der Waals surface area contributed by atoms with E-state index in [2.05, 4.69) is 20.8 Å². The Labute approximate surface area is 157 Å². The molecule has 0 fully saturated rings. The minimum atomic E-state index is 0.400. The molecule has 0 atom stereocenters. The second kappa shape index (κ2) is 9.29. The lowest BCUT2D eigenvalue weighted by atomic mass is 10.2. The number of nitrogens with zero attached hydrogens (tertiary/aromatic N) is 2. The molecule has 0 aliphatic rings. The number of anilines is 1. The summed E-state index contributed by atoms with van der Waals surface area (Å²) in [5.41, 5.74) is 5.65. The molecule has 0 saturated heterocycles. The van der Waals surface area contributed by atoms with Crippen molar-refractivity contribution in [1.29, 1.82) is 0 Å². The molecule has 5 nitrogen and oxygen atoms in total. The fourth-order valence-corrected chi connectivity index (χ4v) is 2.32. The van der Waals surface area contributed by atoms with E-state index in [-0.39, 0.29) is 0 Å². The van der Waals surface area contributed by atoms with Crippen LogP contribution in [0.25, 0.3) is 0 Å². The fraction of sp³-hybridized carbons (Fsp3) is 0.0500. The number of pyridine rings is 1. The maximum atomic E-state index is 5.76. The standard InChI is InChI=1S/C20H18N4OS/c26-20(23-18-7-4-12-21-14-18)24-22-13-16-8-10-19(11-9-16)25-15-17-5-2-1-3-6-17/h1-14H,15H2,(H2,23,24,26)/b22-13+. The molecule has 0 unspecified atom stereocenters. The molecule has 6 heteroatoms. The van der Waals surface area contributed by atoms with Gasteiger partial charge in [0.2, 0.25) is 0 Å². The van der Waals surface area contributed by atoms with Crippen LogP contribution in [0, 0.1) is 0 Å². The third-order valence-electron chi connectivity index (χ3n) is 3.43. The average molecular weight is 362 g/mol. The number of hydrogen-bond donors (Lipinski definition) is 2. The van der Waals surface area contributed by atoms with Gasteiger partial charge in [0, 0.05) is 6.20 Å². The van der Waals surface area contributed by atoms with Crippen molar-refractivity contribution >= 4 is 29.2 Å². The maximum Gasteiger partial charge on any atom is 0.191 e. The van der Waals surface area contributed by atoms with Crippen molar-refractivity contribution in [1.82, 2.24) is 10.4 Å². The smallest absolute Gasteiger partial charge is 0.191 e. The summed E-state index contributed by atoms with van der Waals surface area (Å²) in [5, 5.41) is 7.51. The van der Waals surface area contributed by atoms with Gasteiger partial charge in [-0.25, -0.2) is 0 Å². The predicted molar refractivity (Wildman–Crippen MR) is 108 cm³/mol. The Hall–Kier alpha value is -3.25. The van der Waals surface area contributed by atoms with Crippen molar-refractivity contribution in [2.24, 2.45) is 5.10 Å². The summed E-state index contributed by atoms with van der Waals surface area (Å²) >= 11 is 5.17. The molecule has 0 amide bonds. The number of ether oxygens (including phenoxy) is 1. The Bertz CT molecular complexity index is 852. The van der Waals surface area contributed by atoms with Crippen LogP contribution < -0.4 is 15.5 Å². The molecule has 1 aromatic heterocycles. The third kappa shape index (κ3) is 5.68. The van der Waals surface area contributed by atoms with Crippen molar-refractivity contribution in [2.45, 2.75) is 6.61 Å². The van der Waals surface area contributed by atoms with E-state index in [0.29, 0.717) is 11.7 Å². The van der Waals surface area contributed by atoms with E-state index in [1.807, 2.05) is 66.7 Å². The molecule has 0 radical (unpaired) electrons. The van der Waals surface area contributed by atoms with Crippen LogP contribution in [0.2, 0.25) is 0 Å². The second-order valence-corrected chi connectivity index (χ2v) is 5.82. The van der Waals surface area contributed by atoms with E-state index in [0.717, 1.165) is 22.6 Å². The topological polar surface area (TPSA) is 58.5 Å². The van der Waals surface area contributed by atoms with E-state index >= 15 is 0 Å². The summed E-state index contributed by atoms with van der Waals surface area (Å²) in [6.45, 7) is 0.546. The lowest BCUT2D eigenvalue weighted by molar-refractivity contribution is 0.306. The van der Waals surface area contributed by atoms with Crippen LogP contribution in [0.3, 0.4) is 0 Å². The Morgan fingerprint density at radius 1 is 1.04 bits per heavy atom. The zero-order valence-corrected chi connectivity index (χ0v) is 14.8. The summed E-state index contributed by atoms with van der Waals surface area (Å²) < 4.78 is 5.76. The predicted octanol–water partition coefficient (Wildman–Crippen LogP) is 3.98. The van der Waals surface area contributed by atoms with Crippen LogP contribution in [-0.2, 0) is 6.61 Å². The van der Waals surface area contributed by atoms with Crippen molar-refractivity contribution < 1.29 is 4.74 Å². The Morgan fingerprint density at radius 3 is 2.58 bits per heavy atom. The monoisotopic (exact) mass is 362 g/mol. The zero-order chi connectivity index (χ0) is 18.0. The number of aromatic nitrogens is 1. The van der Waals surface area contributed by atoms with E-state index in [1.165, 1.54) is 0 Å². The van der Waals surface area contributed by atoms with Crippen molar-refractivity contribution in [2.75, 3.05) is 5.32 Å². The van der Waals surface area contributed by atoms with Gasteiger partial charge in [0.25, 0.3) is 0 Å². The Kier molecular flexibility index (Phi) is 6.28. The van der Waals surface area contributed by atoms with Gasteiger partial charge in [0.15, 0.2) is 5.11 Å². The fourth-order valence-electron chi connectivity index (χ4n) is 2.15. The molecule has 130 valence electrons. The summed E-state index contributed by atoms with van der Waals surface area (Å²) in [7, 11) is 0. The number of thiocarbonyl (C=S) groups is 1. The lowest BCUT2D eigenvalue weighted by Crippen LogP contribution is -2.23. The molecular weight excluding hydrogens is 344 g/mol. The number of hydrazone groups is 1. The summed E-state index contributed by atoms with van der Waals surface area (Å²) in [4.78, 5) is 4.01. The first-order chi connectivity index (χ1) is 12.8. The molecule has 0 aliphatic heterocycles. The highest BCUT2D eigenvalue weighted by Crippen LogP contribution is 2.13. The molecule has 3 aromatic rings.